The molecule has 2 rings (SSSR count). The van der Waals surface area contributed by atoms with Gasteiger partial charge in [-0.15, -0.1) is 35.3 Å². The van der Waals surface area contributed by atoms with Crippen molar-refractivity contribution >= 4 is 41.3 Å². The highest BCUT2D eigenvalue weighted by molar-refractivity contribution is 14.0. The zero-order valence-electron chi connectivity index (χ0n) is 13.2. The number of nitrogens with one attached hydrogen (secondary N) is 2. The number of hydrogen-bond donors (Lipinski definition) is 2. The van der Waals surface area contributed by atoms with E-state index in [9.17, 15) is 0 Å². The van der Waals surface area contributed by atoms with Crippen LogP contribution in [0.4, 0.5) is 0 Å². The Balaban J connectivity index is 0.00000242. The maximum atomic E-state index is 4.25. The molecule has 0 aromatic carbocycles. The maximum Gasteiger partial charge on any atom is 0.191 e. The van der Waals surface area contributed by atoms with E-state index in [1.54, 1.807) is 13.2 Å². The molecule has 0 radical (unpaired) electrons. The molecule has 0 saturated carbocycles. The molecule has 2 aromatic heterocycles. The van der Waals surface area contributed by atoms with Crippen LogP contribution in [0.15, 0.2) is 34.8 Å². The molecule has 0 aliphatic carbocycles. The lowest BCUT2D eigenvalue weighted by Gasteiger charge is -2.15. The van der Waals surface area contributed by atoms with Crippen molar-refractivity contribution in [2.24, 2.45) is 18.0 Å². The van der Waals surface area contributed by atoms with Crippen LogP contribution in [0.1, 0.15) is 17.5 Å². The molecule has 7 heteroatoms. The van der Waals surface area contributed by atoms with Crippen molar-refractivity contribution in [1.82, 2.24) is 20.4 Å². The smallest absolute Gasteiger partial charge is 0.191 e. The quantitative estimate of drug-likeness (QED) is 0.419. The summed E-state index contributed by atoms with van der Waals surface area (Å²) in [5.74, 6) is 1.40. The third-order valence-corrected chi connectivity index (χ3v) is 4.23. The Labute approximate surface area is 153 Å². The molecule has 5 nitrogen and oxygen atoms in total. The predicted octanol–water partition coefficient (Wildman–Crippen LogP) is 2.64. The van der Waals surface area contributed by atoms with E-state index in [2.05, 4.69) is 45.2 Å². The van der Waals surface area contributed by atoms with Gasteiger partial charge in [-0.1, -0.05) is 13.0 Å². The van der Waals surface area contributed by atoms with E-state index in [1.165, 1.54) is 4.88 Å². The lowest BCUT2D eigenvalue weighted by Crippen LogP contribution is -2.39. The first-order chi connectivity index (χ1) is 10.2. The van der Waals surface area contributed by atoms with E-state index in [4.69, 9.17) is 0 Å². The molecule has 2 heterocycles. The first-order valence-electron chi connectivity index (χ1n) is 7.13. The first-order valence-corrected chi connectivity index (χ1v) is 8.00. The first kappa shape index (κ1) is 19.0. The fourth-order valence-corrected chi connectivity index (χ4v) is 2.95. The lowest BCUT2D eigenvalue weighted by atomic mass is 10.1. The van der Waals surface area contributed by atoms with Crippen molar-refractivity contribution in [3.8, 4) is 0 Å². The molecule has 0 aliphatic heterocycles. The summed E-state index contributed by atoms with van der Waals surface area (Å²) in [6, 6.07) is 6.30. The number of aromatic nitrogens is 2. The van der Waals surface area contributed by atoms with Crippen molar-refractivity contribution in [3.05, 3.63) is 40.3 Å². The molecule has 1 unspecified atom stereocenters. The van der Waals surface area contributed by atoms with Gasteiger partial charge in [-0.3, -0.25) is 9.67 Å². The van der Waals surface area contributed by atoms with Crippen molar-refractivity contribution in [2.45, 2.75) is 19.9 Å². The van der Waals surface area contributed by atoms with Crippen molar-refractivity contribution < 1.29 is 0 Å². The number of guanidine groups is 1. The van der Waals surface area contributed by atoms with Crippen LogP contribution in [0, 0.1) is 5.92 Å². The van der Waals surface area contributed by atoms with Gasteiger partial charge in [0.2, 0.25) is 0 Å². The van der Waals surface area contributed by atoms with Crippen LogP contribution >= 0.6 is 35.3 Å². The number of nitrogens with zero attached hydrogens (tertiary/aromatic N) is 3. The summed E-state index contributed by atoms with van der Waals surface area (Å²) >= 11 is 1.82. The minimum absolute atomic E-state index is 0. The zero-order valence-corrected chi connectivity index (χ0v) is 16.4. The number of aliphatic imine (C=N–C) groups is 1. The van der Waals surface area contributed by atoms with Crippen LogP contribution in [0.5, 0.6) is 0 Å². The Morgan fingerprint density at radius 2 is 2.23 bits per heavy atom. The van der Waals surface area contributed by atoms with Crippen LogP contribution in [0.2, 0.25) is 0 Å². The molecule has 0 saturated heterocycles. The van der Waals surface area contributed by atoms with Crippen LogP contribution in [-0.2, 0) is 20.0 Å². The van der Waals surface area contributed by atoms with Gasteiger partial charge in [0, 0.05) is 31.7 Å². The van der Waals surface area contributed by atoms with Gasteiger partial charge in [0.05, 0.1) is 12.2 Å². The topological polar surface area (TPSA) is 54.2 Å². The van der Waals surface area contributed by atoms with Gasteiger partial charge < -0.3 is 10.6 Å². The van der Waals surface area contributed by atoms with E-state index < -0.39 is 0 Å². The molecular formula is C15H24IN5S. The highest BCUT2D eigenvalue weighted by Gasteiger charge is 2.06. The molecule has 0 aliphatic rings. The Kier molecular flexibility index (Phi) is 8.47. The van der Waals surface area contributed by atoms with Gasteiger partial charge >= 0.3 is 0 Å². The standard InChI is InChI=1S/C15H23N5S.HI/c1-12(9-14-5-4-8-21-14)10-17-15(16-2)18-11-13-6-7-19-20(13)3;/h4-8,12H,9-11H2,1-3H3,(H2,16,17,18);1H. The summed E-state index contributed by atoms with van der Waals surface area (Å²) in [7, 11) is 3.73. The average molecular weight is 433 g/mol. The van der Waals surface area contributed by atoms with Crippen molar-refractivity contribution in [1.29, 1.82) is 0 Å². The summed E-state index contributed by atoms with van der Waals surface area (Å²) in [5, 5.41) is 13.0. The molecule has 0 bridgehead atoms. The van der Waals surface area contributed by atoms with Crippen LogP contribution in [-0.4, -0.2) is 29.3 Å². The van der Waals surface area contributed by atoms with Crippen LogP contribution in [0.3, 0.4) is 0 Å². The van der Waals surface area contributed by atoms with Gasteiger partial charge in [0.1, 0.15) is 0 Å². The summed E-state index contributed by atoms with van der Waals surface area (Å²) in [5.41, 5.74) is 1.13. The molecule has 2 aromatic rings. The van der Waals surface area contributed by atoms with Gasteiger partial charge in [0.15, 0.2) is 5.96 Å². The zero-order chi connectivity index (χ0) is 15.1. The fourth-order valence-electron chi connectivity index (χ4n) is 2.08. The minimum Gasteiger partial charge on any atom is -0.356 e. The molecule has 0 fully saturated rings. The predicted molar refractivity (Wildman–Crippen MR) is 104 cm³/mol. The highest BCUT2D eigenvalue weighted by Crippen LogP contribution is 2.13. The van der Waals surface area contributed by atoms with Crippen molar-refractivity contribution in [2.75, 3.05) is 13.6 Å². The van der Waals surface area contributed by atoms with E-state index in [0.717, 1.165) is 31.2 Å². The van der Waals surface area contributed by atoms with Crippen LogP contribution < -0.4 is 10.6 Å². The normalized spacial score (nSPS) is 12.6. The van der Waals surface area contributed by atoms with E-state index in [0.29, 0.717) is 5.92 Å². The summed E-state index contributed by atoms with van der Waals surface area (Å²) in [6.07, 6.45) is 2.90. The third kappa shape index (κ3) is 5.96. The largest absolute Gasteiger partial charge is 0.356 e. The van der Waals surface area contributed by atoms with Gasteiger partial charge in [-0.25, -0.2) is 0 Å². The third-order valence-electron chi connectivity index (χ3n) is 3.33. The Morgan fingerprint density at radius 3 is 2.82 bits per heavy atom. The lowest BCUT2D eigenvalue weighted by molar-refractivity contribution is 0.561. The number of hydrogen-bond acceptors (Lipinski definition) is 3. The van der Waals surface area contributed by atoms with E-state index in [1.807, 2.05) is 29.1 Å². The molecular weight excluding hydrogens is 409 g/mol. The second-order valence-corrected chi connectivity index (χ2v) is 6.17. The average Bonchev–Trinajstić information content (AvgIpc) is 3.11. The van der Waals surface area contributed by atoms with E-state index >= 15 is 0 Å². The van der Waals surface area contributed by atoms with Gasteiger partial charge in [-0.05, 0) is 29.9 Å². The van der Waals surface area contributed by atoms with Gasteiger partial charge in [0.25, 0.3) is 0 Å². The number of aryl methyl sites for hydroxylation is 1. The molecule has 0 amide bonds. The second-order valence-electron chi connectivity index (χ2n) is 5.14. The monoisotopic (exact) mass is 433 g/mol. The summed E-state index contributed by atoms with van der Waals surface area (Å²) in [6.45, 7) is 3.87. The molecule has 22 heavy (non-hydrogen) atoms. The maximum absolute atomic E-state index is 4.25. The second kappa shape index (κ2) is 9.83. The van der Waals surface area contributed by atoms with E-state index in [-0.39, 0.29) is 24.0 Å². The fraction of sp³-hybridized carbons (Fsp3) is 0.467. The molecule has 1 atom stereocenters. The van der Waals surface area contributed by atoms with Crippen molar-refractivity contribution in [3.63, 3.8) is 0 Å². The Hall–Kier alpha value is -1.09. The highest BCUT2D eigenvalue weighted by atomic mass is 127. The molecule has 122 valence electrons. The Bertz CT molecular complexity index is 564. The Morgan fingerprint density at radius 1 is 1.41 bits per heavy atom. The number of thiophene rings is 1. The van der Waals surface area contributed by atoms with Crippen LogP contribution in [0.25, 0.3) is 0 Å². The summed E-state index contributed by atoms with van der Waals surface area (Å²) in [4.78, 5) is 5.69. The number of rotatable bonds is 6. The molecule has 0 spiro atoms. The number of halogens is 1. The van der Waals surface area contributed by atoms with Gasteiger partial charge in [-0.2, -0.15) is 5.10 Å². The SMILES string of the molecule is CN=C(NCc1ccnn1C)NCC(C)Cc1cccs1.I. The summed E-state index contributed by atoms with van der Waals surface area (Å²) < 4.78 is 1.86. The molecule has 2 N–H and O–H groups in total. The minimum atomic E-state index is 0.